The van der Waals surface area contributed by atoms with E-state index >= 15 is 0 Å². The fourth-order valence-corrected chi connectivity index (χ4v) is 2.99. The summed E-state index contributed by atoms with van der Waals surface area (Å²) >= 11 is 1.80. The van der Waals surface area contributed by atoms with Gasteiger partial charge in [0.2, 0.25) is 5.88 Å². The number of ether oxygens (including phenoxy) is 1. The molecule has 0 radical (unpaired) electrons. The Morgan fingerprint density at radius 3 is 2.86 bits per heavy atom. The minimum atomic E-state index is 0.219. The smallest absolute Gasteiger partial charge is 0.239 e. The minimum Gasteiger partial charge on any atom is -0.476 e. The van der Waals surface area contributed by atoms with E-state index in [1.807, 2.05) is 12.1 Å². The van der Waals surface area contributed by atoms with Crippen LogP contribution in [0.4, 0.5) is 11.5 Å². The number of nitrogens with one attached hydrogen (secondary N) is 1. The standard InChI is InChI=1S/C16H21N3OS/c1-10-3-7-14(21-10)11(2)18-15-8-6-13(17)16(19-15)20-9-12-4-5-12/h3,6-8,11-12H,4-5,9,17H2,1-2H3,(H,18,19). The summed E-state index contributed by atoms with van der Waals surface area (Å²) in [6.45, 7) is 4.97. The molecule has 4 nitrogen and oxygen atoms in total. The number of nitrogen functional groups attached to an aromatic ring is 1. The molecule has 0 bridgehead atoms. The van der Waals surface area contributed by atoms with Crippen molar-refractivity contribution in [3.63, 3.8) is 0 Å². The first-order chi connectivity index (χ1) is 10.1. The van der Waals surface area contributed by atoms with Crippen molar-refractivity contribution in [2.24, 2.45) is 5.92 Å². The second-order valence-corrected chi connectivity index (χ2v) is 6.98. The molecule has 0 aliphatic heterocycles. The molecule has 1 saturated carbocycles. The van der Waals surface area contributed by atoms with Gasteiger partial charge in [-0.1, -0.05) is 0 Å². The van der Waals surface area contributed by atoms with E-state index in [2.05, 4.69) is 36.3 Å². The highest BCUT2D eigenvalue weighted by Crippen LogP contribution is 2.31. The number of rotatable bonds is 6. The summed E-state index contributed by atoms with van der Waals surface area (Å²) in [5.74, 6) is 2.03. The van der Waals surface area contributed by atoms with Crippen LogP contribution in [-0.4, -0.2) is 11.6 Å². The molecule has 21 heavy (non-hydrogen) atoms. The number of aromatic nitrogens is 1. The van der Waals surface area contributed by atoms with E-state index in [0.29, 0.717) is 17.5 Å². The third-order valence-corrected chi connectivity index (χ3v) is 4.78. The Kier molecular flexibility index (Phi) is 4.01. The van der Waals surface area contributed by atoms with Crippen LogP contribution in [0, 0.1) is 12.8 Å². The van der Waals surface area contributed by atoms with Crippen molar-refractivity contribution in [1.82, 2.24) is 4.98 Å². The first-order valence-electron chi connectivity index (χ1n) is 7.34. The molecule has 0 amide bonds. The van der Waals surface area contributed by atoms with Gasteiger partial charge in [0.15, 0.2) is 0 Å². The molecule has 3 rings (SSSR count). The first-order valence-corrected chi connectivity index (χ1v) is 8.15. The summed E-state index contributed by atoms with van der Waals surface area (Å²) in [7, 11) is 0. The largest absolute Gasteiger partial charge is 0.476 e. The molecule has 2 aromatic heterocycles. The third kappa shape index (κ3) is 3.67. The highest BCUT2D eigenvalue weighted by atomic mass is 32.1. The highest BCUT2D eigenvalue weighted by Gasteiger charge is 2.22. The quantitative estimate of drug-likeness (QED) is 0.847. The highest BCUT2D eigenvalue weighted by molar-refractivity contribution is 7.12. The number of nitrogens with zero attached hydrogens (tertiary/aromatic N) is 1. The second kappa shape index (κ2) is 5.93. The number of thiophene rings is 1. The monoisotopic (exact) mass is 303 g/mol. The zero-order valence-corrected chi connectivity index (χ0v) is 13.2. The molecule has 2 aromatic rings. The molecule has 112 valence electrons. The van der Waals surface area contributed by atoms with Gasteiger partial charge in [0.25, 0.3) is 0 Å². The molecule has 1 aliphatic carbocycles. The Morgan fingerprint density at radius 1 is 1.38 bits per heavy atom. The van der Waals surface area contributed by atoms with Gasteiger partial charge in [0.1, 0.15) is 5.82 Å². The lowest BCUT2D eigenvalue weighted by Gasteiger charge is -2.15. The zero-order chi connectivity index (χ0) is 14.8. The van der Waals surface area contributed by atoms with Gasteiger partial charge < -0.3 is 15.8 Å². The fourth-order valence-electron chi connectivity index (χ4n) is 2.11. The molecule has 1 atom stereocenters. The molecule has 0 aromatic carbocycles. The number of hydrogen-bond acceptors (Lipinski definition) is 5. The van der Waals surface area contributed by atoms with Gasteiger partial charge in [-0.25, -0.2) is 0 Å². The minimum absolute atomic E-state index is 0.219. The van der Waals surface area contributed by atoms with Crippen LogP contribution in [0.3, 0.4) is 0 Å². The van der Waals surface area contributed by atoms with Crippen molar-refractivity contribution < 1.29 is 4.74 Å². The van der Waals surface area contributed by atoms with Crippen LogP contribution in [0.15, 0.2) is 24.3 Å². The van der Waals surface area contributed by atoms with Crippen molar-refractivity contribution in [3.8, 4) is 5.88 Å². The van der Waals surface area contributed by atoms with Crippen molar-refractivity contribution in [3.05, 3.63) is 34.0 Å². The molecule has 2 heterocycles. The normalized spacial score (nSPS) is 15.7. The topological polar surface area (TPSA) is 60.2 Å². The molecule has 0 saturated heterocycles. The van der Waals surface area contributed by atoms with Gasteiger partial charge in [0.05, 0.1) is 18.3 Å². The molecule has 5 heteroatoms. The van der Waals surface area contributed by atoms with E-state index in [9.17, 15) is 0 Å². The third-order valence-electron chi connectivity index (χ3n) is 3.59. The van der Waals surface area contributed by atoms with Gasteiger partial charge >= 0.3 is 0 Å². The summed E-state index contributed by atoms with van der Waals surface area (Å²) in [4.78, 5) is 7.11. The summed E-state index contributed by atoms with van der Waals surface area (Å²) in [6, 6.07) is 8.26. The van der Waals surface area contributed by atoms with Crippen molar-refractivity contribution in [2.75, 3.05) is 17.7 Å². The summed E-state index contributed by atoms with van der Waals surface area (Å²) in [6.07, 6.45) is 2.51. The summed E-state index contributed by atoms with van der Waals surface area (Å²) in [5, 5.41) is 3.41. The predicted molar refractivity (Wildman–Crippen MR) is 88.0 cm³/mol. The van der Waals surface area contributed by atoms with E-state index in [0.717, 1.165) is 12.4 Å². The molecular formula is C16H21N3OS. The molecule has 1 aliphatic rings. The Balaban J connectivity index is 1.67. The van der Waals surface area contributed by atoms with Crippen LogP contribution >= 0.6 is 11.3 Å². The maximum Gasteiger partial charge on any atom is 0.239 e. The van der Waals surface area contributed by atoms with E-state index in [1.54, 1.807) is 11.3 Å². The van der Waals surface area contributed by atoms with Gasteiger partial charge in [-0.05, 0) is 56.9 Å². The average Bonchev–Trinajstić information content (AvgIpc) is 3.19. The van der Waals surface area contributed by atoms with Crippen LogP contribution in [0.5, 0.6) is 5.88 Å². The number of pyridine rings is 1. The van der Waals surface area contributed by atoms with Crippen LogP contribution in [-0.2, 0) is 0 Å². The number of nitrogens with two attached hydrogens (primary N) is 1. The fraction of sp³-hybridized carbons (Fsp3) is 0.438. The Bertz CT molecular complexity index is 622. The van der Waals surface area contributed by atoms with Crippen molar-refractivity contribution in [2.45, 2.75) is 32.7 Å². The van der Waals surface area contributed by atoms with Crippen LogP contribution in [0.25, 0.3) is 0 Å². The maximum atomic E-state index is 5.93. The molecular weight excluding hydrogens is 282 g/mol. The van der Waals surface area contributed by atoms with E-state index in [-0.39, 0.29) is 6.04 Å². The summed E-state index contributed by atoms with van der Waals surface area (Å²) < 4.78 is 5.72. The van der Waals surface area contributed by atoms with E-state index < -0.39 is 0 Å². The Morgan fingerprint density at radius 2 is 2.19 bits per heavy atom. The van der Waals surface area contributed by atoms with Gasteiger partial charge in [0, 0.05) is 9.75 Å². The van der Waals surface area contributed by atoms with E-state index in [1.165, 1.54) is 22.6 Å². The average molecular weight is 303 g/mol. The van der Waals surface area contributed by atoms with Crippen LogP contribution in [0.1, 0.15) is 35.6 Å². The van der Waals surface area contributed by atoms with Gasteiger partial charge in [-0.3, -0.25) is 0 Å². The number of hydrogen-bond donors (Lipinski definition) is 2. The lowest BCUT2D eigenvalue weighted by molar-refractivity contribution is 0.290. The Labute approximate surface area is 129 Å². The number of aryl methyl sites for hydroxylation is 1. The van der Waals surface area contributed by atoms with Gasteiger partial charge in [-0.2, -0.15) is 4.98 Å². The first kappa shape index (κ1) is 14.2. The lowest BCUT2D eigenvalue weighted by atomic mass is 10.2. The van der Waals surface area contributed by atoms with Crippen LogP contribution < -0.4 is 15.8 Å². The second-order valence-electron chi connectivity index (χ2n) is 5.66. The van der Waals surface area contributed by atoms with E-state index in [4.69, 9.17) is 10.5 Å². The van der Waals surface area contributed by atoms with Gasteiger partial charge in [-0.15, -0.1) is 11.3 Å². The number of anilines is 2. The van der Waals surface area contributed by atoms with Crippen LogP contribution in [0.2, 0.25) is 0 Å². The maximum absolute atomic E-state index is 5.93. The molecule has 1 unspecified atom stereocenters. The molecule has 0 spiro atoms. The molecule has 1 fully saturated rings. The summed E-state index contributed by atoms with van der Waals surface area (Å²) in [5.41, 5.74) is 6.53. The SMILES string of the molecule is Cc1ccc(C(C)Nc2ccc(N)c(OCC3CC3)n2)s1. The molecule has 3 N–H and O–H groups in total. The van der Waals surface area contributed by atoms with Crippen molar-refractivity contribution >= 4 is 22.8 Å². The predicted octanol–water partition coefficient (Wildman–Crippen LogP) is 4.00. The Hall–Kier alpha value is -1.75. The lowest BCUT2D eigenvalue weighted by Crippen LogP contribution is -2.09. The van der Waals surface area contributed by atoms with Crippen molar-refractivity contribution in [1.29, 1.82) is 0 Å². The zero-order valence-electron chi connectivity index (χ0n) is 12.4.